The van der Waals surface area contributed by atoms with Crippen molar-refractivity contribution in [3.05, 3.63) is 52.0 Å². The normalized spacial score (nSPS) is 12.1. The summed E-state index contributed by atoms with van der Waals surface area (Å²) in [5.41, 5.74) is 3.42. The molecule has 1 atom stereocenters. The number of aromatic nitrogens is 1. The zero-order chi connectivity index (χ0) is 19.4. The molecule has 2 aromatic carbocycles. The number of ether oxygens (including phenoxy) is 1. The van der Waals surface area contributed by atoms with Crippen molar-refractivity contribution >= 4 is 48.5 Å². The zero-order valence-electron chi connectivity index (χ0n) is 15.7. The lowest BCUT2D eigenvalue weighted by Gasteiger charge is -2.08. The highest BCUT2D eigenvalue weighted by Crippen LogP contribution is 2.30. The van der Waals surface area contributed by atoms with Gasteiger partial charge in [0.2, 0.25) is 0 Å². The fraction of sp³-hybridized carbons (Fsp3) is 0.333. The molecule has 1 heterocycles. The molecule has 0 saturated carbocycles. The molecule has 1 unspecified atom stereocenters. The Labute approximate surface area is 172 Å². The molecule has 0 aliphatic carbocycles. The number of anilines is 1. The molecule has 27 heavy (non-hydrogen) atoms. The number of amides is 1. The van der Waals surface area contributed by atoms with Crippen LogP contribution in [0.15, 0.2) is 40.9 Å². The van der Waals surface area contributed by atoms with Crippen molar-refractivity contribution in [1.29, 1.82) is 0 Å². The highest BCUT2D eigenvalue weighted by atomic mass is 79.9. The molecule has 0 aliphatic rings. The van der Waals surface area contributed by atoms with E-state index in [1.807, 2.05) is 24.3 Å². The number of aryl methyl sites for hydroxylation is 1. The maximum atomic E-state index is 12.2. The third-order valence-corrected chi connectivity index (χ3v) is 6.16. The summed E-state index contributed by atoms with van der Waals surface area (Å²) in [6.45, 7) is 6.44. The summed E-state index contributed by atoms with van der Waals surface area (Å²) < 4.78 is 7.57. The van der Waals surface area contributed by atoms with E-state index in [2.05, 4.69) is 59.1 Å². The summed E-state index contributed by atoms with van der Waals surface area (Å²) in [5.74, 6) is 0.952. The van der Waals surface area contributed by atoms with Crippen molar-refractivity contribution in [2.75, 3.05) is 11.9 Å². The lowest BCUT2D eigenvalue weighted by Crippen LogP contribution is -2.20. The van der Waals surface area contributed by atoms with Crippen LogP contribution in [0.4, 0.5) is 5.13 Å². The topological polar surface area (TPSA) is 51.2 Å². The molecule has 0 fully saturated rings. The maximum Gasteiger partial charge on any atom is 0.264 e. The van der Waals surface area contributed by atoms with Crippen molar-refractivity contribution in [2.45, 2.75) is 39.5 Å². The quantitative estimate of drug-likeness (QED) is 0.473. The largest absolute Gasteiger partial charge is 0.483 e. The van der Waals surface area contributed by atoms with Gasteiger partial charge in [0.1, 0.15) is 5.75 Å². The van der Waals surface area contributed by atoms with Crippen molar-refractivity contribution in [1.82, 2.24) is 4.98 Å². The number of nitrogens with zero attached hydrogens (tertiary/aromatic N) is 1. The Morgan fingerprint density at radius 1 is 1.26 bits per heavy atom. The molecule has 4 nitrogen and oxygen atoms in total. The van der Waals surface area contributed by atoms with Gasteiger partial charge in [0.25, 0.3) is 5.91 Å². The molecular weight excluding hydrogens is 424 g/mol. The first-order chi connectivity index (χ1) is 13.0. The first kappa shape index (κ1) is 19.8. The molecule has 3 rings (SSSR count). The van der Waals surface area contributed by atoms with Crippen molar-refractivity contribution in [3.8, 4) is 5.75 Å². The molecule has 6 heteroatoms. The number of carbonyl (C=O) groups is 1. The van der Waals surface area contributed by atoms with E-state index in [0.29, 0.717) is 16.8 Å². The molecule has 0 aliphatic heterocycles. The molecule has 142 valence electrons. The van der Waals surface area contributed by atoms with E-state index in [1.165, 1.54) is 22.5 Å². The van der Waals surface area contributed by atoms with Gasteiger partial charge in [-0.2, -0.15) is 0 Å². The molecule has 0 radical (unpaired) electrons. The van der Waals surface area contributed by atoms with Crippen LogP contribution in [0.25, 0.3) is 10.2 Å². The van der Waals surface area contributed by atoms with E-state index >= 15 is 0 Å². The Morgan fingerprint density at radius 3 is 2.78 bits per heavy atom. The van der Waals surface area contributed by atoms with Crippen LogP contribution in [0.5, 0.6) is 5.75 Å². The van der Waals surface area contributed by atoms with Gasteiger partial charge >= 0.3 is 0 Å². The zero-order valence-corrected chi connectivity index (χ0v) is 18.1. The van der Waals surface area contributed by atoms with Gasteiger partial charge < -0.3 is 4.74 Å². The second-order valence-electron chi connectivity index (χ2n) is 6.51. The Hall–Kier alpha value is -1.92. The highest BCUT2D eigenvalue weighted by molar-refractivity contribution is 9.10. The van der Waals surface area contributed by atoms with Crippen LogP contribution in [0.2, 0.25) is 0 Å². The van der Waals surface area contributed by atoms with E-state index < -0.39 is 0 Å². The third kappa shape index (κ3) is 4.87. The predicted molar refractivity (Wildman–Crippen MR) is 116 cm³/mol. The second kappa shape index (κ2) is 8.85. The number of fused-ring (bicyclic) bond motifs is 1. The summed E-state index contributed by atoms with van der Waals surface area (Å²) in [6.07, 6.45) is 2.05. The number of nitrogens with one attached hydrogen (secondary N) is 1. The molecular formula is C21H23BrN2O2S. The van der Waals surface area contributed by atoms with Crippen LogP contribution in [0.3, 0.4) is 0 Å². The summed E-state index contributed by atoms with van der Waals surface area (Å²) in [6, 6.07) is 12.2. The summed E-state index contributed by atoms with van der Waals surface area (Å²) >= 11 is 4.97. The summed E-state index contributed by atoms with van der Waals surface area (Å²) in [4.78, 5) is 16.7. The lowest BCUT2D eigenvalue weighted by molar-refractivity contribution is -0.118. The SMILES string of the molecule is CCc1ccc(OCC(=O)Nc2nc3ccc(C(C)CC)cc3s2)c(Br)c1. The molecule has 0 bridgehead atoms. The molecule has 1 N–H and O–H groups in total. The molecule has 3 aromatic rings. The molecule has 1 aromatic heterocycles. The first-order valence-electron chi connectivity index (χ1n) is 9.11. The summed E-state index contributed by atoms with van der Waals surface area (Å²) in [5, 5.41) is 3.43. The Morgan fingerprint density at radius 2 is 2.07 bits per heavy atom. The Balaban J connectivity index is 1.63. The van der Waals surface area contributed by atoms with Crippen LogP contribution in [0, 0.1) is 0 Å². The number of carbonyl (C=O) groups excluding carboxylic acids is 1. The van der Waals surface area contributed by atoms with Crippen molar-refractivity contribution in [3.63, 3.8) is 0 Å². The van der Waals surface area contributed by atoms with Gasteiger partial charge in [-0.1, -0.05) is 44.2 Å². The van der Waals surface area contributed by atoms with Gasteiger partial charge in [0, 0.05) is 0 Å². The van der Waals surface area contributed by atoms with Crippen LogP contribution in [-0.2, 0) is 11.2 Å². The van der Waals surface area contributed by atoms with Crippen LogP contribution < -0.4 is 10.1 Å². The Kier molecular flexibility index (Phi) is 6.50. The van der Waals surface area contributed by atoms with Crippen LogP contribution in [-0.4, -0.2) is 17.5 Å². The van der Waals surface area contributed by atoms with E-state index in [0.717, 1.165) is 27.5 Å². The van der Waals surface area contributed by atoms with E-state index in [1.54, 1.807) is 0 Å². The van der Waals surface area contributed by atoms with Gasteiger partial charge in [0.15, 0.2) is 11.7 Å². The fourth-order valence-corrected chi connectivity index (χ4v) is 4.19. The van der Waals surface area contributed by atoms with Crippen LogP contribution >= 0.6 is 27.3 Å². The van der Waals surface area contributed by atoms with Gasteiger partial charge in [-0.05, 0) is 70.1 Å². The lowest BCUT2D eigenvalue weighted by atomic mass is 9.99. The average molecular weight is 447 g/mol. The second-order valence-corrected chi connectivity index (χ2v) is 8.40. The maximum absolute atomic E-state index is 12.2. The van der Waals surface area contributed by atoms with Crippen molar-refractivity contribution < 1.29 is 9.53 Å². The first-order valence-corrected chi connectivity index (χ1v) is 10.7. The van der Waals surface area contributed by atoms with Gasteiger partial charge in [-0.25, -0.2) is 4.98 Å². The number of halogens is 1. The number of hydrogen-bond acceptors (Lipinski definition) is 4. The van der Waals surface area contributed by atoms with Crippen molar-refractivity contribution in [2.24, 2.45) is 0 Å². The molecule has 1 amide bonds. The number of benzene rings is 2. The summed E-state index contributed by atoms with van der Waals surface area (Å²) in [7, 11) is 0. The fourth-order valence-electron chi connectivity index (χ4n) is 2.72. The van der Waals surface area contributed by atoms with E-state index in [9.17, 15) is 4.79 Å². The number of hydrogen-bond donors (Lipinski definition) is 1. The predicted octanol–water partition coefficient (Wildman–Crippen LogP) is 6.15. The smallest absolute Gasteiger partial charge is 0.264 e. The third-order valence-electron chi connectivity index (χ3n) is 4.60. The molecule has 0 spiro atoms. The van der Waals surface area contributed by atoms with E-state index in [-0.39, 0.29) is 12.5 Å². The van der Waals surface area contributed by atoms with Gasteiger partial charge in [-0.3, -0.25) is 10.1 Å². The number of thiazole rings is 1. The molecule has 0 saturated heterocycles. The van der Waals surface area contributed by atoms with Gasteiger partial charge in [0.05, 0.1) is 14.7 Å². The minimum absolute atomic E-state index is 0.0574. The van der Waals surface area contributed by atoms with Gasteiger partial charge in [-0.15, -0.1) is 0 Å². The number of rotatable bonds is 7. The minimum Gasteiger partial charge on any atom is -0.483 e. The minimum atomic E-state index is -0.220. The monoisotopic (exact) mass is 446 g/mol. The Bertz CT molecular complexity index is 955. The average Bonchev–Trinajstić information content (AvgIpc) is 3.07. The highest BCUT2D eigenvalue weighted by Gasteiger charge is 2.11. The van der Waals surface area contributed by atoms with Crippen LogP contribution in [0.1, 0.15) is 44.2 Å². The van der Waals surface area contributed by atoms with E-state index in [4.69, 9.17) is 4.74 Å². The standard InChI is InChI=1S/C21H23BrN2O2S/c1-4-13(3)15-7-8-17-19(11-15)27-21(23-17)24-20(25)12-26-18-9-6-14(5-2)10-16(18)22/h6-11,13H,4-5,12H2,1-3H3,(H,23,24,25).